The number of carbonyl (C=O) groups excluding carboxylic acids is 2. The van der Waals surface area contributed by atoms with E-state index in [1.54, 1.807) is 29.1 Å². The maximum atomic E-state index is 12.8. The molecule has 0 fully saturated rings. The van der Waals surface area contributed by atoms with Gasteiger partial charge in [0, 0.05) is 30.6 Å². The average molecular weight is 754 g/mol. The molecule has 0 radical (unpaired) electrons. The van der Waals surface area contributed by atoms with Crippen molar-refractivity contribution in [1.29, 1.82) is 0 Å². The van der Waals surface area contributed by atoms with Crippen molar-refractivity contribution in [2.24, 2.45) is 5.11 Å². The van der Waals surface area contributed by atoms with E-state index in [-0.39, 0.29) is 25.3 Å². The molecule has 0 saturated carbocycles. The third kappa shape index (κ3) is 16.6. The minimum atomic E-state index is -1.09. The van der Waals surface area contributed by atoms with Crippen LogP contribution in [-0.2, 0) is 33.3 Å². The van der Waals surface area contributed by atoms with Crippen molar-refractivity contribution in [2.45, 2.75) is 46.1 Å². The fourth-order valence-corrected chi connectivity index (χ4v) is 5.11. The first-order valence-electron chi connectivity index (χ1n) is 17.7. The Balaban J connectivity index is 1.40. The van der Waals surface area contributed by atoms with Crippen LogP contribution in [0.3, 0.4) is 0 Å². The molecule has 3 aromatic rings. The van der Waals surface area contributed by atoms with E-state index in [4.69, 9.17) is 29.2 Å². The Bertz CT molecular complexity index is 1660. The van der Waals surface area contributed by atoms with Crippen molar-refractivity contribution >= 4 is 23.6 Å². The predicted molar refractivity (Wildman–Crippen MR) is 199 cm³/mol. The molecule has 0 aliphatic rings. The first kappa shape index (κ1) is 43.1. The van der Waals surface area contributed by atoms with Crippen molar-refractivity contribution in [1.82, 2.24) is 25.4 Å². The van der Waals surface area contributed by atoms with Gasteiger partial charge in [0.05, 0.1) is 83.2 Å². The summed E-state index contributed by atoms with van der Waals surface area (Å²) in [6.07, 6.45) is 2.10. The highest BCUT2D eigenvalue weighted by Crippen LogP contribution is 2.27. The molecule has 2 aromatic heterocycles. The number of aromatic nitrogens is 3. The molecular weight excluding hydrogens is 702 g/mol. The number of carboxylic acids is 1. The Morgan fingerprint density at radius 3 is 2.28 bits per heavy atom. The van der Waals surface area contributed by atoms with Crippen LogP contribution in [0.5, 0.6) is 5.75 Å². The smallest absolute Gasteiger partial charge is 0.305 e. The summed E-state index contributed by atoms with van der Waals surface area (Å²) in [6.45, 7) is 9.69. The average Bonchev–Trinajstić information content (AvgIpc) is 3.44. The summed E-state index contributed by atoms with van der Waals surface area (Å²) in [5.41, 5.74) is 11.9. The molecule has 54 heavy (non-hydrogen) atoms. The molecule has 2 amide bonds. The minimum absolute atomic E-state index is 0.210. The fraction of sp³-hybridized carbons (Fsp3) is 0.528. The number of aryl methyl sites for hydroxylation is 2. The van der Waals surface area contributed by atoms with E-state index >= 15 is 0 Å². The first-order valence-corrected chi connectivity index (χ1v) is 17.7. The number of azide groups is 1. The van der Waals surface area contributed by atoms with Gasteiger partial charge in [-0.25, -0.2) is 9.67 Å². The fourth-order valence-electron chi connectivity index (χ4n) is 5.11. The third-order valence-corrected chi connectivity index (χ3v) is 7.69. The molecule has 294 valence electrons. The van der Waals surface area contributed by atoms with E-state index in [0.717, 1.165) is 17.1 Å². The van der Waals surface area contributed by atoms with Crippen LogP contribution in [0.1, 0.15) is 47.8 Å². The van der Waals surface area contributed by atoms with Crippen LogP contribution in [0.15, 0.2) is 47.7 Å². The van der Waals surface area contributed by atoms with E-state index in [0.29, 0.717) is 102 Å². The molecule has 0 spiro atoms. The Kier molecular flexibility index (Phi) is 19.9. The zero-order chi connectivity index (χ0) is 39.0. The van der Waals surface area contributed by atoms with Gasteiger partial charge in [0.2, 0.25) is 11.8 Å². The van der Waals surface area contributed by atoms with E-state index in [1.165, 1.54) is 0 Å². The lowest BCUT2D eigenvalue weighted by atomic mass is 10.0. The lowest BCUT2D eigenvalue weighted by Gasteiger charge is -2.19. The summed E-state index contributed by atoms with van der Waals surface area (Å²) in [7, 11) is 0. The zero-order valence-corrected chi connectivity index (χ0v) is 31.1. The molecule has 1 atom stereocenters. The normalized spacial score (nSPS) is 11.4. The number of pyridine rings is 1. The summed E-state index contributed by atoms with van der Waals surface area (Å²) < 4.78 is 29.4. The molecule has 0 saturated heterocycles. The molecule has 0 unspecified atom stereocenters. The first-order chi connectivity index (χ1) is 26.2. The number of aliphatic carboxylic acids is 1. The Labute approximate surface area is 314 Å². The number of carbonyl (C=O) groups is 3. The quantitative estimate of drug-likeness (QED) is 0.0361. The number of rotatable bonds is 28. The summed E-state index contributed by atoms with van der Waals surface area (Å²) in [4.78, 5) is 43.8. The number of nitrogens with one attached hydrogen (secondary N) is 3. The molecule has 0 aliphatic heterocycles. The number of amides is 2. The van der Waals surface area contributed by atoms with Gasteiger partial charge in [-0.15, -0.1) is 0 Å². The molecule has 0 aliphatic carbocycles. The van der Waals surface area contributed by atoms with Gasteiger partial charge in [-0.2, -0.15) is 5.10 Å². The molecule has 1 aromatic carbocycles. The van der Waals surface area contributed by atoms with Gasteiger partial charge in [0.1, 0.15) is 18.1 Å². The zero-order valence-electron chi connectivity index (χ0n) is 31.1. The summed E-state index contributed by atoms with van der Waals surface area (Å²) in [6, 6.07) is 10.1. The highest BCUT2D eigenvalue weighted by molar-refractivity contribution is 5.85. The minimum Gasteiger partial charge on any atom is -0.487 e. The molecule has 0 bridgehead atoms. The van der Waals surface area contributed by atoms with Gasteiger partial charge in [0.15, 0.2) is 5.75 Å². The molecular formula is C36H51N9O9. The number of hydrogen-bond donors (Lipinski definition) is 4. The van der Waals surface area contributed by atoms with Crippen molar-refractivity contribution in [3.05, 3.63) is 75.6 Å². The molecule has 2 heterocycles. The topological polar surface area (TPSA) is 233 Å². The Morgan fingerprint density at radius 2 is 1.61 bits per heavy atom. The highest BCUT2D eigenvalue weighted by atomic mass is 16.6. The van der Waals surface area contributed by atoms with Crippen LogP contribution in [0.4, 0.5) is 5.82 Å². The number of carboxylic acid groups (broad SMARTS) is 1. The molecule has 18 nitrogen and oxygen atoms in total. The number of ether oxygens (including phenoxy) is 5. The standard InChI is InChI=1S/C36H51N9O9/c1-26-9-11-39-32(22-26)38-10-5-8-33(46)40-25-34(47)42-31(24-35(48)49)29-6-4-7-30(23-29)45-28(3)36(27(2)43-45)54-21-20-53-19-18-52-17-16-51-15-14-50-13-12-41-44-37/h4,6-7,9,11,22-23,31H,5,8,10,12-21,24-25H2,1-3H3,(H,38,39)(H,40,46)(H,42,47)(H,48,49)/t31-/m0/s1. The monoisotopic (exact) mass is 753 g/mol. The van der Waals surface area contributed by atoms with Crippen LogP contribution in [-0.4, -0.2) is 117 Å². The maximum Gasteiger partial charge on any atom is 0.305 e. The van der Waals surface area contributed by atoms with Crippen molar-refractivity contribution < 1.29 is 43.2 Å². The molecule has 18 heteroatoms. The van der Waals surface area contributed by atoms with Crippen molar-refractivity contribution in [3.63, 3.8) is 0 Å². The van der Waals surface area contributed by atoms with Crippen molar-refractivity contribution in [3.8, 4) is 11.4 Å². The van der Waals surface area contributed by atoms with E-state index in [1.807, 2.05) is 39.0 Å². The second-order valence-corrected chi connectivity index (χ2v) is 12.0. The Morgan fingerprint density at radius 1 is 0.926 bits per heavy atom. The van der Waals surface area contributed by atoms with Gasteiger partial charge in [-0.1, -0.05) is 17.2 Å². The largest absolute Gasteiger partial charge is 0.487 e. The number of benzene rings is 1. The van der Waals surface area contributed by atoms with Crippen LogP contribution in [0.25, 0.3) is 16.1 Å². The van der Waals surface area contributed by atoms with Crippen LogP contribution >= 0.6 is 0 Å². The number of nitrogens with zero attached hydrogens (tertiary/aromatic N) is 6. The van der Waals surface area contributed by atoms with Crippen LogP contribution < -0.4 is 20.7 Å². The van der Waals surface area contributed by atoms with Gasteiger partial charge in [0.25, 0.3) is 0 Å². The van der Waals surface area contributed by atoms with Gasteiger partial charge in [-0.05, 0) is 68.1 Å². The molecule has 3 rings (SSSR count). The summed E-state index contributed by atoms with van der Waals surface area (Å²) in [5.74, 6) is -0.552. The Hall–Kier alpha value is -5.26. The molecule has 4 N–H and O–H groups in total. The predicted octanol–water partition coefficient (Wildman–Crippen LogP) is 3.59. The second kappa shape index (κ2) is 24.9. The van der Waals surface area contributed by atoms with E-state index < -0.39 is 17.9 Å². The highest BCUT2D eigenvalue weighted by Gasteiger charge is 2.21. The van der Waals surface area contributed by atoms with Crippen molar-refractivity contribution in [2.75, 3.05) is 84.4 Å². The summed E-state index contributed by atoms with van der Waals surface area (Å²) in [5, 5.41) is 26.1. The summed E-state index contributed by atoms with van der Waals surface area (Å²) >= 11 is 0. The van der Waals surface area contributed by atoms with E-state index in [2.05, 4.69) is 36.1 Å². The van der Waals surface area contributed by atoms with Crippen LogP contribution in [0.2, 0.25) is 0 Å². The lowest BCUT2D eigenvalue weighted by Crippen LogP contribution is -2.39. The van der Waals surface area contributed by atoms with Gasteiger partial charge < -0.3 is 44.7 Å². The van der Waals surface area contributed by atoms with Gasteiger partial charge >= 0.3 is 5.97 Å². The van der Waals surface area contributed by atoms with E-state index in [9.17, 15) is 19.5 Å². The van der Waals surface area contributed by atoms with Crippen LogP contribution in [0, 0.1) is 20.8 Å². The number of hydrogen-bond acceptors (Lipinski definition) is 12. The second-order valence-electron chi connectivity index (χ2n) is 12.0. The third-order valence-electron chi connectivity index (χ3n) is 7.69. The number of anilines is 1. The SMILES string of the molecule is Cc1ccnc(NCCCC(=O)NCC(=O)N[C@@H](CC(=O)O)c2cccc(-n3nc(C)c(OCCOCCOCCOCCOCCN=[N+]=[N-])c3C)c2)c1. The lowest BCUT2D eigenvalue weighted by molar-refractivity contribution is -0.138. The van der Waals surface area contributed by atoms with Gasteiger partial charge in [-0.3, -0.25) is 14.4 Å². The maximum absolute atomic E-state index is 12.8.